The SMILES string of the molecule is C=C1C(=CC=C2CCC[C@]3(C)[C@@H]([C@H](C)CCCC(C)(C)O)CC[C@@H]23)C[C@@H](O)[C@@H](CCCCCCO)[C@@H]1O. The van der Waals surface area contributed by atoms with Crippen LogP contribution in [0.2, 0.25) is 0 Å². The summed E-state index contributed by atoms with van der Waals surface area (Å²) in [5.74, 6) is 1.90. The van der Waals surface area contributed by atoms with Gasteiger partial charge in [0.1, 0.15) is 0 Å². The van der Waals surface area contributed by atoms with Gasteiger partial charge in [0, 0.05) is 12.5 Å². The molecule has 37 heavy (non-hydrogen) atoms. The van der Waals surface area contributed by atoms with Crippen molar-refractivity contribution < 1.29 is 20.4 Å². The number of rotatable bonds is 12. The van der Waals surface area contributed by atoms with Crippen molar-refractivity contribution in [2.45, 2.75) is 135 Å². The minimum atomic E-state index is -0.677. The van der Waals surface area contributed by atoms with E-state index in [0.29, 0.717) is 23.7 Å². The Morgan fingerprint density at radius 2 is 1.81 bits per heavy atom. The summed E-state index contributed by atoms with van der Waals surface area (Å²) in [6.07, 6.45) is 17.9. The van der Waals surface area contributed by atoms with E-state index in [0.717, 1.165) is 68.4 Å². The summed E-state index contributed by atoms with van der Waals surface area (Å²) in [5.41, 5.74) is 3.12. The first kappa shape index (κ1) is 30.6. The summed E-state index contributed by atoms with van der Waals surface area (Å²) in [6, 6.07) is 0. The monoisotopic (exact) mass is 516 g/mol. The molecule has 0 unspecified atom stereocenters. The number of aliphatic hydroxyl groups excluding tert-OH is 3. The summed E-state index contributed by atoms with van der Waals surface area (Å²) in [6.45, 7) is 13.3. The predicted octanol–water partition coefficient (Wildman–Crippen LogP) is 6.87. The highest BCUT2D eigenvalue weighted by Crippen LogP contribution is 2.60. The lowest BCUT2D eigenvalue weighted by atomic mass is 9.60. The summed E-state index contributed by atoms with van der Waals surface area (Å²) >= 11 is 0. The average molecular weight is 517 g/mol. The molecule has 4 nitrogen and oxygen atoms in total. The van der Waals surface area contributed by atoms with Crippen molar-refractivity contribution in [1.29, 1.82) is 0 Å². The zero-order chi connectivity index (χ0) is 27.2. The molecule has 4 heteroatoms. The van der Waals surface area contributed by atoms with Crippen molar-refractivity contribution in [3.8, 4) is 0 Å². The molecule has 0 heterocycles. The average Bonchev–Trinajstić information content (AvgIpc) is 3.19. The highest BCUT2D eigenvalue weighted by molar-refractivity contribution is 5.39. The van der Waals surface area contributed by atoms with Crippen LogP contribution in [0, 0.1) is 29.1 Å². The predicted molar refractivity (Wildman–Crippen MR) is 153 cm³/mol. The van der Waals surface area contributed by atoms with Gasteiger partial charge in [-0.3, -0.25) is 0 Å². The van der Waals surface area contributed by atoms with E-state index in [-0.39, 0.29) is 12.5 Å². The van der Waals surface area contributed by atoms with Crippen molar-refractivity contribution in [2.24, 2.45) is 29.1 Å². The first-order valence-corrected chi connectivity index (χ1v) is 15.3. The van der Waals surface area contributed by atoms with Gasteiger partial charge >= 0.3 is 0 Å². The van der Waals surface area contributed by atoms with E-state index in [9.17, 15) is 15.3 Å². The maximum Gasteiger partial charge on any atom is 0.0839 e. The molecule has 212 valence electrons. The van der Waals surface area contributed by atoms with Gasteiger partial charge in [0.15, 0.2) is 0 Å². The third-order valence-corrected chi connectivity index (χ3v) is 10.2. The van der Waals surface area contributed by atoms with Gasteiger partial charge in [-0.25, -0.2) is 0 Å². The van der Waals surface area contributed by atoms with Crippen LogP contribution in [0.1, 0.15) is 118 Å². The van der Waals surface area contributed by atoms with E-state index < -0.39 is 17.8 Å². The fourth-order valence-electron chi connectivity index (χ4n) is 8.02. The van der Waals surface area contributed by atoms with Crippen molar-refractivity contribution >= 4 is 0 Å². The van der Waals surface area contributed by atoms with Gasteiger partial charge in [-0.05, 0) is 106 Å². The van der Waals surface area contributed by atoms with Crippen LogP contribution in [0.3, 0.4) is 0 Å². The molecule has 0 aromatic rings. The number of allylic oxidation sites excluding steroid dienone is 3. The maximum absolute atomic E-state index is 10.9. The number of hydrogen-bond acceptors (Lipinski definition) is 4. The lowest BCUT2D eigenvalue weighted by Gasteiger charge is -2.44. The molecular weight excluding hydrogens is 460 g/mol. The molecule has 3 saturated carbocycles. The summed E-state index contributed by atoms with van der Waals surface area (Å²) in [7, 11) is 0. The van der Waals surface area contributed by atoms with E-state index in [2.05, 4.69) is 32.6 Å². The van der Waals surface area contributed by atoms with Gasteiger partial charge in [0.05, 0.1) is 17.8 Å². The second-order valence-electron chi connectivity index (χ2n) is 13.5. The van der Waals surface area contributed by atoms with E-state index in [1.54, 1.807) is 5.57 Å². The van der Waals surface area contributed by atoms with E-state index in [1.807, 2.05) is 13.8 Å². The Labute approximate surface area is 227 Å². The highest BCUT2D eigenvalue weighted by Gasteiger charge is 2.50. The molecule has 3 rings (SSSR count). The van der Waals surface area contributed by atoms with Gasteiger partial charge < -0.3 is 20.4 Å². The number of hydrogen-bond donors (Lipinski definition) is 4. The molecule has 0 radical (unpaired) electrons. The lowest BCUT2D eigenvalue weighted by molar-refractivity contribution is 0.0128. The van der Waals surface area contributed by atoms with Crippen LogP contribution in [0.15, 0.2) is 35.5 Å². The van der Waals surface area contributed by atoms with Gasteiger partial charge in [-0.1, -0.05) is 70.3 Å². The smallest absolute Gasteiger partial charge is 0.0839 e. The quantitative estimate of drug-likeness (QED) is 0.213. The Morgan fingerprint density at radius 3 is 2.51 bits per heavy atom. The third-order valence-electron chi connectivity index (χ3n) is 10.2. The molecule has 3 fully saturated rings. The van der Waals surface area contributed by atoms with Gasteiger partial charge in [0.25, 0.3) is 0 Å². The molecule has 0 amide bonds. The summed E-state index contributed by atoms with van der Waals surface area (Å²) < 4.78 is 0. The second kappa shape index (κ2) is 13.4. The molecule has 0 aliphatic heterocycles. The van der Waals surface area contributed by atoms with Crippen LogP contribution in [-0.2, 0) is 0 Å². The van der Waals surface area contributed by atoms with Gasteiger partial charge in [-0.2, -0.15) is 0 Å². The molecular formula is C33H56O4. The van der Waals surface area contributed by atoms with E-state index >= 15 is 0 Å². The second-order valence-corrected chi connectivity index (χ2v) is 13.5. The molecule has 7 atom stereocenters. The Hall–Kier alpha value is -0.940. The van der Waals surface area contributed by atoms with Gasteiger partial charge in [-0.15, -0.1) is 0 Å². The largest absolute Gasteiger partial charge is 0.396 e. The number of aliphatic hydroxyl groups is 4. The van der Waals surface area contributed by atoms with Crippen LogP contribution in [-0.4, -0.2) is 44.8 Å². The Bertz CT molecular complexity index is 806. The van der Waals surface area contributed by atoms with Crippen molar-refractivity contribution in [1.82, 2.24) is 0 Å². The van der Waals surface area contributed by atoms with E-state index in [4.69, 9.17) is 5.11 Å². The lowest BCUT2D eigenvalue weighted by Crippen LogP contribution is -2.38. The minimum Gasteiger partial charge on any atom is -0.396 e. The standard InChI is InChI=1S/C33H56O4/c1-23(12-10-19-32(3,4)37)28-17-18-29-25(13-11-20-33(28,29)5)15-16-26-22-30(35)27(31(36)24(26)2)14-8-6-7-9-21-34/h15-16,23,27-31,34-37H,2,6-14,17-22H2,1,3-5H3/t23-,27-,28-,29+,30-,31-,33-/m1/s1. The molecule has 3 aliphatic carbocycles. The topological polar surface area (TPSA) is 80.9 Å². The first-order chi connectivity index (χ1) is 17.5. The maximum atomic E-state index is 10.9. The zero-order valence-corrected chi connectivity index (χ0v) is 24.2. The van der Waals surface area contributed by atoms with Crippen LogP contribution < -0.4 is 0 Å². The van der Waals surface area contributed by atoms with Crippen LogP contribution in [0.4, 0.5) is 0 Å². The molecule has 0 spiro atoms. The zero-order valence-electron chi connectivity index (χ0n) is 24.2. The fraction of sp³-hybridized carbons (Fsp3) is 0.818. The van der Waals surface area contributed by atoms with Crippen molar-refractivity contribution in [2.75, 3.05) is 6.61 Å². The van der Waals surface area contributed by atoms with E-state index in [1.165, 1.54) is 32.1 Å². The molecule has 4 N–H and O–H groups in total. The Balaban J connectivity index is 1.63. The molecule has 0 aromatic carbocycles. The first-order valence-electron chi connectivity index (χ1n) is 15.3. The normalized spacial score (nSPS) is 35.8. The number of unbranched alkanes of at least 4 members (excludes halogenated alkanes) is 3. The summed E-state index contributed by atoms with van der Waals surface area (Å²) in [4.78, 5) is 0. The highest BCUT2D eigenvalue weighted by atomic mass is 16.3. The third kappa shape index (κ3) is 7.81. The number of fused-ring (bicyclic) bond motifs is 1. The molecule has 0 bridgehead atoms. The van der Waals surface area contributed by atoms with Crippen LogP contribution in [0.5, 0.6) is 0 Å². The minimum absolute atomic E-state index is 0.141. The van der Waals surface area contributed by atoms with Crippen LogP contribution >= 0.6 is 0 Å². The van der Waals surface area contributed by atoms with Crippen molar-refractivity contribution in [3.05, 3.63) is 35.5 Å². The van der Waals surface area contributed by atoms with Gasteiger partial charge in [0.2, 0.25) is 0 Å². The molecule has 0 saturated heterocycles. The Kier molecular flexibility index (Phi) is 11.1. The summed E-state index contributed by atoms with van der Waals surface area (Å²) in [5, 5.41) is 40.9. The molecule has 0 aromatic heterocycles. The Morgan fingerprint density at radius 1 is 1.08 bits per heavy atom. The fourth-order valence-corrected chi connectivity index (χ4v) is 8.02. The molecule has 3 aliphatic rings. The van der Waals surface area contributed by atoms with Crippen molar-refractivity contribution in [3.63, 3.8) is 0 Å². The van der Waals surface area contributed by atoms with Crippen LogP contribution in [0.25, 0.3) is 0 Å².